The minimum atomic E-state index is -3.17. The van der Waals surface area contributed by atoms with Crippen LogP contribution < -0.4 is 0 Å². The van der Waals surface area contributed by atoms with E-state index in [1.165, 1.54) is 17.4 Å². The van der Waals surface area contributed by atoms with Gasteiger partial charge in [-0.1, -0.05) is 18.2 Å². The Morgan fingerprint density at radius 3 is 2.42 bits per heavy atom. The first-order valence-electron chi connectivity index (χ1n) is 8.92. The zero-order valence-electron chi connectivity index (χ0n) is 15.9. The van der Waals surface area contributed by atoms with Crippen molar-refractivity contribution < 1.29 is 13.5 Å². The third kappa shape index (κ3) is 3.94. The first kappa shape index (κ1) is 18.9. The lowest BCUT2D eigenvalue weighted by atomic mass is 9.93. The molecule has 0 aromatic heterocycles. The number of hydrogen-bond donors (Lipinski definition) is 1. The lowest BCUT2D eigenvalue weighted by Crippen LogP contribution is -2.40. The van der Waals surface area contributed by atoms with Gasteiger partial charge in [-0.15, -0.1) is 0 Å². The Hall–Kier alpha value is -1.85. The highest BCUT2D eigenvalue weighted by molar-refractivity contribution is 7.90. The van der Waals surface area contributed by atoms with Gasteiger partial charge in [0.2, 0.25) is 0 Å². The van der Waals surface area contributed by atoms with Crippen LogP contribution in [-0.4, -0.2) is 30.2 Å². The molecule has 0 bridgehead atoms. The van der Waals surface area contributed by atoms with Gasteiger partial charge in [-0.3, -0.25) is 4.90 Å². The molecule has 2 aromatic carbocycles. The number of phenols is 1. The first-order chi connectivity index (χ1) is 12.1. The van der Waals surface area contributed by atoms with E-state index in [0.29, 0.717) is 10.6 Å². The predicted molar refractivity (Wildman–Crippen MR) is 104 cm³/mol. The second-order valence-electron chi connectivity index (χ2n) is 7.99. The zero-order valence-corrected chi connectivity index (χ0v) is 16.7. The number of hydrogen-bond acceptors (Lipinski definition) is 4. The predicted octanol–water partition coefficient (Wildman–Crippen LogP) is 3.83. The van der Waals surface area contributed by atoms with Crippen molar-refractivity contribution >= 4 is 9.84 Å². The molecule has 3 rings (SSSR count). The number of sulfone groups is 1. The molecule has 0 fully saturated rings. The maximum atomic E-state index is 11.8. The summed E-state index contributed by atoms with van der Waals surface area (Å²) in [6.45, 7) is 8.02. The number of nitrogens with zero attached hydrogens (tertiary/aromatic N) is 1. The van der Waals surface area contributed by atoms with Gasteiger partial charge in [0.25, 0.3) is 0 Å². The van der Waals surface area contributed by atoms with Crippen LogP contribution in [0.25, 0.3) is 0 Å². The smallest absolute Gasteiger partial charge is 0.175 e. The quantitative estimate of drug-likeness (QED) is 0.865. The van der Waals surface area contributed by atoms with Crippen molar-refractivity contribution in [2.24, 2.45) is 0 Å². The Balaban J connectivity index is 1.71. The van der Waals surface area contributed by atoms with Crippen molar-refractivity contribution in [2.75, 3.05) is 6.26 Å². The third-order valence-corrected chi connectivity index (χ3v) is 6.58. The summed E-state index contributed by atoms with van der Waals surface area (Å²) in [6, 6.07) is 11.3. The Morgan fingerprint density at radius 1 is 1.08 bits per heavy atom. The maximum absolute atomic E-state index is 11.8. The Bertz CT molecular complexity index is 932. The molecule has 26 heavy (non-hydrogen) atoms. The standard InChI is InChI=1S/C21H27NO3S/c1-15-11-16(5-8-20(15)23)9-10-21(2,3)22-13-17-6-7-19(26(4,24)25)12-18(17)14-22/h5-8,11-12,23H,9-10,13-14H2,1-4H3. The van der Waals surface area contributed by atoms with Gasteiger partial charge < -0.3 is 5.11 Å². The fraction of sp³-hybridized carbons (Fsp3) is 0.429. The molecule has 2 aromatic rings. The molecule has 5 heteroatoms. The van der Waals surface area contributed by atoms with E-state index in [4.69, 9.17) is 0 Å². The molecular formula is C21H27NO3S. The van der Waals surface area contributed by atoms with Gasteiger partial charge in [-0.2, -0.15) is 0 Å². The lowest BCUT2D eigenvalue weighted by molar-refractivity contribution is 0.109. The average molecular weight is 374 g/mol. The number of rotatable bonds is 5. The van der Waals surface area contributed by atoms with Crippen molar-refractivity contribution in [1.29, 1.82) is 0 Å². The van der Waals surface area contributed by atoms with E-state index in [9.17, 15) is 13.5 Å². The number of benzene rings is 2. The second-order valence-corrected chi connectivity index (χ2v) is 10.0. The van der Waals surface area contributed by atoms with E-state index in [1.807, 2.05) is 31.2 Å². The summed E-state index contributed by atoms with van der Waals surface area (Å²) in [6.07, 6.45) is 3.19. The van der Waals surface area contributed by atoms with Crippen LogP contribution in [-0.2, 0) is 29.3 Å². The van der Waals surface area contributed by atoms with Gasteiger partial charge in [0.05, 0.1) is 4.90 Å². The molecule has 0 amide bonds. The summed E-state index contributed by atoms with van der Waals surface area (Å²) in [5, 5.41) is 9.67. The van der Waals surface area contributed by atoms with Crippen molar-refractivity contribution in [2.45, 2.75) is 57.1 Å². The van der Waals surface area contributed by atoms with Crippen LogP contribution in [0, 0.1) is 6.92 Å². The average Bonchev–Trinajstić information content (AvgIpc) is 2.99. The maximum Gasteiger partial charge on any atom is 0.175 e. The summed E-state index contributed by atoms with van der Waals surface area (Å²) in [5.41, 5.74) is 4.45. The second kappa shape index (κ2) is 6.71. The summed E-state index contributed by atoms with van der Waals surface area (Å²) in [4.78, 5) is 2.81. The van der Waals surface area contributed by atoms with Crippen molar-refractivity contribution in [1.82, 2.24) is 4.90 Å². The van der Waals surface area contributed by atoms with Crippen molar-refractivity contribution in [3.05, 3.63) is 58.7 Å². The SMILES string of the molecule is Cc1cc(CCC(C)(C)N2Cc3ccc(S(C)(=O)=O)cc3C2)ccc1O. The third-order valence-electron chi connectivity index (χ3n) is 5.47. The molecule has 0 aliphatic carbocycles. The molecule has 0 atom stereocenters. The minimum Gasteiger partial charge on any atom is -0.508 e. The van der Waals surface area contributed by atoms with E-state index in [0.717, 1.165) is 37.1 Å². The van der Waals surface area contributed by atoms with E-state index in [1.54, 1.807) is 12.1 Å². The fourth-order valence-electron chi connectivity index (χ4n) is 3.51. The van der Waals surface area contributed by atoms with Crippen LogP contribution in [0.5, 0.6) is 5.75 Å². The summed E-state index contributed by atoms with van der Waals surface area (Å²) in [7, 11) is -3.17. The van der Waals surface area contributed by atoms with Crippen LogP contribution in [0.2, 0.25) is 0 Å². The zero-order chi connectivity index (χ0) is 19.1. The molecule has 0 saturated carbocycles. The van der Waals surface area contributed by atoms with Gasteiger partial charge in [0, 0.05) is 24.9 Å². The van der Waals surface area contributed by atoms with Crippen LogP contribution in [0.1, 0.15) is 42.5 Å². The van der Waals surface area contributed by atoms with E-state index in [-0.39, 0.29) is 5.54 Å². The summed E-state index contributed by atoms with van der Waals surface area (Å²) >= 11 is 0. The van der Waals surface area contributed by atoms with Crippen molar-refractivity contribution in [3.8, 4) is 5.75 Å². The Kier molecular flexibility index (Phi) is 4.88. The molecule has 0 radical (unpaired) electrons. The highest BCUT2D eigenvalue weighted by Crippen LogP contribution is 2.33. The van der Waals surface area contributed by atoms with Crippen LogP contribution in [0.15, 0.2) is 41.3 Å². The lowest BCUT2D eigenvalue weighted by Gasteiger charge is -2.35. The Morgan fingerprint density at radius 2 is 1.77 bits per heavy atom. The highest BCUT2D eigenvalue weighted by atomic mass is 32.2. The summed E-state index contributed by atoms with van der Waals surface area (Å²) < 4.78 is 23.6. The van der Waals surface area contributed by atoms with Gasteiger partial charge in [0.1, 0.15) is 5.75 Å². The molecule has 0 saturated heterocycles. The van der Waals surface area contributed by atoms with Gasteiger partial charge in [-0.05, 0) is 74.1 Å². The largest absolute Gasteiger partial charge is 0.508 e. The van der Waals surface area contributed by atoms with Crippen LogP contribution >= 0.6 is 0 Å². The fourth-order valence-corrected chi connectivity index (χ4v) is 4.18. The molecular weight excluding hydrogens is 346 g/mol. The molecule has 1 aliphatic heterocycles. The molecule has 1 aliphatic rings. The first-order valence-corrected chi connectivity index (χ1v) is 10.8. The Labute approximate surface area is 156 Å². The number of fused-ring (bicyclic) bond motifs is 1. The topological polar surface area (TPSA) is 57.6 Å². The van der Waals surface area contributed by atoms with E-state index in [2.05, 4.69) is 18.7 Å². The van der Waals surface area contributed by atoms with Crippen LogP contribution in [0.3, 0.4) is 0 Å². The molecule has 4 nitrogen and oxygen atoms in total. The number of phenolic OH excluding ortho intramolecular Hbond substituents is 1. The van der Waals surface area contributed by atoms with Gasteiger partial charge in [0.15, 0.2) is 9.84 Å². The van der Waals surface area contributed by atoms with Gasteiger partial charge in [-0.25, -0.2) is 8.42 Å². The monoisotopic (exact) mass is 373 g/mol. The van der Waals surface area contributed by atoms with Crippen LogP contribution in [0.4, 0.5) is 0 Å². The molecule has 140 valence electrons. The number of aryl methyl sites for hydroxylation is 2. The van der Waals surface area contributed by atoms with Crippen molar-refractivity contribution in [3.63, 3.8) is 0 Å². The molecule has 1 N–H and O–H groups in total. The molecule has 0 unspecified atom stereocenters. The van der Waals surface area contributed by atoms with Gasteiger partial charge >= 0.3 is 0 Å². The molecule has 1 heterocycles. The highest BCUT2D eigenvalue weighted by Gasteiger charge is 2.32. The minimum absolute atomic E-state index is 0.00390. The summed E-state index contributed by atoms with van der Waals surface area (Å²) in [5.74, 6) is 0.338. The molecule has 0 spiro atoms. The number of aromatic hydroxyl groups is 1. The van der Waals surface area contributed by atoms with E-state index < -0.39 is 9.84 Å². The van der Waals surface area contributed by atoms with E-state index >= 15 is 0 Å². The normalized spacial score (nSPS) is 15.2.